The number of hydrogen-bond acceptors (Lipinski definition) is 7. The summed E-state index contributed by atoms with van der Waals surface area (Å²) in [5.74, 6) is 0.613. The van der Waals surface area contributed by atoms with Crippen molar-refractivity contribution in [1.29, 1.82) is 0 Å². The number of rotatable bonds is 10. The molecule has 0 aliphatic rings. The summed E-state index contributed by atoms with van der Waals surface area (Å²) in [6, 6.07) is 17.0. The van der Waals surface area contributed by atoms with Gasteiger partial charge in [-0.3, -0.25) is 9.59 Å². The topological polar surface area (TPSA) is 102 Å². The number of thiazole rings is 1. The number of hydrogen-bond donors (Lipinski definition) is 2. The molecule has 0 spiro atoms. The fraction of sp³-hybridized carbons (Fsp3) is 0.296. The van der Waals surface area contributed by atoms with E-state index in [1.165, 1.54) is 23.1 Å². The zero-order valence-corrected chi connectivity index (χ0v) is 22.9. The van der Waals surface area contributed by atoms with Crippen molar-refractivity contribution in [2.45, 2.75) is 45.4 Å². The molecule has 2 aromatic carbocycles. The smallest absolute Gasteiger partial charge is 0.251 e. The Morgan fingerprint density at radius 2 is 1.86 bits per heavy atom. The van der Waals surface area contributed by atoms with E-state index in [0.29, 0.717) is 28.2 Å². The third kappa shape index (κ3) is 6.64. The molecule has 192 valence electrons. The van der Waals surface area contributed by atoms with Crippen LogP contribution in [0.2, 0.25) is 0 Å². The van der Waals surface area contributed by atoms with Crippen molar-refractivity contribution >= 4 is 40.0 Å². The van der Waals surface area contributed by atoms with Crippen LogP contribution in [0.4, 0.5) is 5.13 Å². The van der Waals surface area contributed by atoms with Crippen LogP contribution < -0.4 is 10.6 Å². The lowest BCUT2D eigenvalue weighted by molar-refractivity contribution is -0.113. The molecule has 0 unspecified atom stereocenters. The highest BCUT2D eigenvalue weighted by atomic mass is 32.2. The lowest BCUT2D eigenvalue weighted by Gasteiger charge is -2.22. The average molecular weight is 535 g/mol. The predicted octanol–water partition coefficient (Wildman–Crippen LogP) is 5.59. The number of aromatic nitrogens is 4. The minimum Gasteiger partial charge on any atom is -0.342 e. The quantitative estimate of drug-likeness (QED) is 0.257. The molecule has 0 fully saturated rings. The molecule has 0 bridgehead atoms. The van der Waals surface area contributed by atoms with Gasteiger partial charge in [-0.25, -0.2) is 4.98 Å². The molecule has 8 nitrogen and oxygen atoms in total. The Morgan fingerprint density at radius 1 is 1.08 bits per heavy atom. The van der Waals surface area contributed by atoms with Gasteiger partial charge in [-0.05, 0) is 31.9 Å². The van der Waals surface area contributed by atoms with E-state index in [1.807, 2.05) is 86.2 Å². The van der Waals surface area contributed by atoms with E-state index in [1.54, 1.807) is 6.07 Å². The van der Waals surface area contributed by atoms with Crippen molar-refractivity contribution in [1.82, 2.24) is 25.1 Å². The Labute approximate surface area is 224 Å². The largest absolute Gasteiger partial charge is 0.342 e. The molecule has 1 atom stereocenters. The highest BCUT2D eigenvalue weighted by Gasteiger charge is 2.26. The summed E-state index contributed by atoms with van der Waals surface area (Å²) in [6.07, 6.45) is 0. The number of amides is 2. The molecular weight excluding hydrogens is 504 g/mol. The number of aryl methyl sites for hydroxylation is 1. The summed E-state index contributed by atoms with van der Waals surface area (Å²) in [5.41, 5.74) is 3.47. The Kier molecular flexibility index (Phi) is 8.73. The number of nitrogens with one attached hydrogen (secondary N) is 2. The van der Waals surface area contributed by atoms with Crippen molar-refractivity contribution in [2.24, 2.45) is 5.92 Å². The summed E-state index contributed by atoms with van der Waals surface area (Å²) in [5, 5.41) is 17.8. The van der Waals surface area contributed by atoms with E-state index in [4.69, 9.17) is 0 Å². The van der Waals surface area contributed by atoms with E-state index in [-0.39, 0.29) is 29.5 Å². The van der Waals surface area contributed by atoms with Crippen LogP contribution in [0.15, 0.2) is 65.1 Å². The Bertz CT molecular complexity index is 1370. The van der Waals surface area contributed by atoms with Crippen LogP contribution >= 0.6 is 23.1 Å². The molecule has 0 radical (unpaired) electrons. The van der Waals surface area contributed by atoms with Crippen LogP contribution in [0.1, 0.15) is 48.6 Å². The second-order valence-electron chi connectivity index (χ2n) is 8.89. The van der Waals surface area contributed by atoms with Crippen LogP contribution in [0.3, 0.4) is 0 Å². The van der Waals surface area contributed by atoms with Crippen molar-refractivity contribution in [2.75, 3.05) is 11.1 Å². The standard InChI is InChI=1S/C27H30N6O2S2/c1-5-33-24(23(17(2)3)30-25(35)20-13-9-10-18(4)14-20)31-32-27(33)37-16-22(34)29-26-28-21(15-36-26)19-11-7-6-8-12-19/h6-15,17,23H,5,16H2,1-4H3,(H,30,35)(H,28,29,34)/t23-/m1/s1. The van der Waals surface area contributed by atoms with Crippen LogP contribution in [0.25, 0.3) is 11.3 Å². The number of thioether (sulfide) groups is 1. The molecule has 2 heterocycles. The van der Waals surface area contributed by atoms with Crippen LogP contribution in [-0.2, 0) is 11.3 Å². The second-order valence-corrected chi connectivity index (χ2v) is 10.7. The minimum absolute atomic E-state index is 0.0909. The lowest BCUT2D eigenvalue weighted by Crippen LogP contribution is -2.33. The number of benzene rings is 2. The van der Waals surface area contributed by atoms with E-state index in [9.17, 15) is 9.59 Å². The summed E-state index contributed by atoms with van der Waals surface area (Å²) < 4.78 is 1.95. The molecule has 10 heteroatoms. The molecule has 0 aliphatic carbocycles. The van der Waals surface area contributed by atoms with Gasteiger partial charge in [0.05, 0.1) is 17.5 Å². The summed E-state index contributed by atoms with van der Waals surface area (Å²) >= 11 is 2.70. The number of nitrogens with zero attached hydrogens (tertiary/aromatic N) is 4. The number of anilines is 1. The Morgan fingerprint density at radius 3 is 2.57 bits per heavy atom. The summed E-state index contributed by atoms with van der Waals surface area (Å²) in [4.78, 5) is 30.1. The Balaban J connectivity index is 1.41. The molecular formula is C27H30N6O2S2. The first kappa shape index (κ1) is 26.6. The van der Waals surface area contributed by atoms with E-state index in [0.717, 1.165) is 16.8 Å². The second kappa shape index (κ2) is 12.2. The maximum Gasteiger partial charge on any atom is 0.251 e. The first-order chi connectivity index (χ1) is 17.9. The fourth-order valence-electron chi connectivity index (χ4n) is 3.83. The van der Waals surface area contributed by atoms with Gasteiger partial charge in [0, 0.05) is 23.1 Å². The molecule has 4 rings (SSSR count). The fourth-order valence-corrected chi connectivity index (χ4v) is 5.38. The number of carbonyl (C=O) groups is 2. The van der Waals surface area contributed by atoms with E-state index >= 15 is 0 Å². The van der Waals surface area contributed by atoms with Crippen LogP contribution in [0, 0.1) is 12.8 Å². The minimum atomic E-state index is -0.324. The van der Waals surface area contributed by atoms with Gasteiger partial charge in [-0.15, -0.1) is 21.5 Å². The Hall–Kier alpha value is -3.50. The maximum atomic E-state index is 12.9. The molecule has 0 saturated carbocycles. The van der Waals surface area contributed by atoms with Crippen molar-refractivity contribution in [3.05, 3.63) is 76.9 Å². The van der Waals surface area contributed by atoms with Gasteiger partial charge in [0.25, 0.3) is 5.91 Å². The van der Waals surface area contributed by atoms with Gasteiger partial charge in [-0.1, -0.05) is 73.6 Å². The third-order valence-electron chi connectivity index (χ3n) is 5.73. The lowest BCUT2D eigenvalue weighted by atomic mass is 10.0. The maximum absolute atomic E-state index is 12.9. The SMILES string of the molecule is CCn1c(SCC(=O)Nc2nc(-c3ccccc3)cs2)nnc1[C@H](NC(=O)c1cccc(C)c1)C(C)C. The molecule has 2 N–H and O–H groups in total. The van der Waals surface area contributed by atoms with Gasteiger partial charge < -0.3 is 15.2 Å². The normalized spacial score (nSPS) is 11.9. The third-order valence-corrected chi connectivity index (χ3v) is 7.45. The molecule has 2 aromatic heterocycles. The first-order valence-electron chi connectivity index (χ1n) is 12.1. The molecule has 0 aliphatic heterocycles. The highest BCUT2D eigenvalue weighted by molar-refractivity contribution is 7.99. The summed E-state index contributed by atoms with van der Waals surface area (Å²) in [7, 11) is 0. The molecule has 0 saturated heterocycles. The average Bonchev–Trinajstić information content (AvgIpc) is 3.53. The van der Waals surface area contributed by atoms with Crippen molar-refractivity contribution in [3.63, 3.8) is 0 Å². The molecule has 2 amide bonds. The zero-order valence-electron chi connectivity index (χ0n) is 21.3. The number of carbonyl (C=O) groups excluding carboxylic acids is 2. The van der Waals surface area contributed by atoms with Gasteiger partial charge >= 0.3 is 0 Å². The van der Waals surface area contributed by atoms with E-state index in [2.05, 4.69) is 25.8 Å². The monoisotopic (exact) mass is 534 g/mol. The first-order valence-corrected chi connectivity index (χ1v) is 14.0. The van der Waals surface area contributed by atoms with Gasteiger partial charge in [0.15, 0.2) is 16.1 Å². The molecule has 4 aromatic rings. The van der Waals surface area contributed by atoms with Crippen LogP contribution in [-0.4, -0.2) is 37.3 Å². The highest BCUT2D eigenvalue weighted by Crippen LogP contribution is 2.27. The van der Waals surface area contributed by atoms with Gasteiger partial charge in [0.1, 0.15) is 0 Å². The molecule has 37 heavy (non-hydrogen) atoms. The van der Waals surface area contributed by atoms with E-state index < -0.39 is 0 Å². The van der Waals surface area contributed by atoms with Crippen molar-refractivity contribution in [3.8, 4) is 11.3 Å². The van der Waals surface area contributed by atoms with Crippen LogP contribution in [0.5, 0.6) is 0 Å². The zero-order chi connectivity index (χ0) is 26.4. The summed E-state index contributed by atoms with van der Waals surface area (Å²) in [6.45, 7) is 8.64. The predicted molar refractivity (Wildman–Crippen MR) is 149 cm³/mol. The van der Waals surface area contributed by atoms with Gasteiger partial charge in [0.2, 0.25) is 5.91 Å². The van der Waals surface area contributed by atoms with Crippen molar-refractivity contribution < 1.29 is 9.59 Å². The van der Waals surface area contributed by atoms with Gasteiger partial charge in [-0.2, -0.15) is 0 Å².